The van der Waals surface area contributed by atoms with Gasteiger partial charge in [0.25, 0.3) is 5.91 Å². The van der Waals surface area contributed by atoms with E-state index in [9.17, 15) is 27.2 Å². The predicted octanol–water partition coefficient (Wildman–Crippen LogP) is 2.38. The minimum absolute atomic E-state index is 0.0437. The smallest absolute Gasteiger partial charge is 0.475 e. The number of hydrogen-bond acceptors (Lipinski definition) is 4. The molecule has 1 aliphatic rings. The van der Waals surface area contributed by atoms with Crippen LogP contribution in [0.1, 0.15) is 30.6 Å². The second-order valence-corrected chi connectivity index (χ2v) is 7.35. The first kappa shape index (κ1) is 26.3. The molecule has 0 atom stereocenters. The molecule has 0 spiro atoms. The summed E-state index contributed by atoms with van der Waals surface area (Å²) in [5, 5.41) is 10.3. The van der Waals surface area contributed by atoms with Crippen LogP contribution in [0.5, 0.6) is 0 Å². The zero-order valence-electron chi connectivity index (χ0n) is 17.4. The van der Waals surface area contributed by atoms with Gasteiger partial charge in [-0.15, -0.1) is 0 Å². The zero-order valence-corrected chi connectivity index (χ0v) is 17.4. The van der Waals surface area contributed by atoms with Gasteiger partial charge < -0.3 is 20.2 Å². The summed E-state index contributed by atoms with van der Waals surface area (Å²) in [7, 11) is 0. The van der Waals surface area contributed by atoms with Crippen molar-refractivity contribution in [2.75, 3.05) is 39.3 Å². The van der Waals surface area contributed by atoms with Crippen molar-refractivity contribution in [1.29, 1.82) is 0 Å². The molecule has 0 bridgehead atoms. The van der Waals surface area contributed by atoms with Gasteiger partial charge in [0.15, 0.2) is 0 Å². The highest BCUT2D eigenvalue weighted by atomic mass is 19.4. The number of halogens is 4. The Kier molecular flexibility index (Phi) is 10.4. The lowest BCUT2D eigenvalue weighted by Gasteiger charge is -2.30. The van der Waals surface area contributed by atoms with Crippen LogP contribution in [-0.4, -0.2) is 78.1 Å². The summed E-state index contributed by atoms with van der Waals surface area (Å²) in [5.41, 5.74) is 0.284. The maximum atomic E-state index is 13.4. The molecule has 0 radical (unpaired) electrons. The molecule has 0 unspecified atom stereocenters. The number of rotatable bonds is 6. The number of hydrogen-bond donors (Lipinski definition) is 2. The van der Waals surface area contributed by atoms with Crippen LogP contribution >= 0.6 is 0 Å². The summed E-state index contributed by atoms with van der Waals surface area (Å²) >= 11 is 0. The molecule has 1 fully saturated rings. The third kappa shape index (κ3) is 9.77. The number of carboxylic acids is 1. The van der Waals surface area contributed by atoms with Crippen molar-refractivity contribution >= 4 is 17.8 Å². The third-order valence-corrected chi connectivity index (χ3v) is 4.37. The van der Waals surface area contributed by atoms with E-state index in [0.717, 1.165) is 19.5 Å². The van der Waals surface area contributed by atoms with Gasteiger partial charge in [-0.3, -0.25) is 9.59 Å². The highest BCUT2D eigenvalue weighted by molar-refractivity contribution is 5.96. The Labute approximate surface area is 178 Å². The molecule has 2 amide bonds. The minimum atomic E-state index is -5.08. The summed E-state index contributed by atoms with van der Waals surface area (Å²) in [4.78, 5) is 37.4. The van der Waals surface area contributed by atoms with Crippen LogP contribution in [0.3, 0.4) is 0 Å². The van der Waals surface area contributed by atoms with Crippen LogP contribution in [0.25, 0.3) is 0 Å². The number of benzene rings is 1. The van der Waals surface area contributed by atoms with E-state index in [-0.39, 0.29) is 23.9 Å². The van der Waals surface area contributed by atoms with Crippen molar-refractivity contribution in [1.82, 2.24) is 15.1 Å². The number of nitrogens with zero attached hydrogens (tertiary/aromatic N) is 2. The van der Waals surface area contributed by atoms with E-state index in [0.29, 0.717) is 25.6 Å². The molecule has 2 rings (SSSR count). The number of carbonyl (C=O) groups excluding carboxylic acids is 2. The van der Waals surface area contributed by atoms with Gasteiger partial charge in [0, 0.05) is 38.3 Å². The molecule has 1 saturated heterocycles. The van der Waals surface area contributed by atoms with E-state index < -0.39 is 18.0 Å². The molecule has 1 aromatic rings. The lowest BCUT2D eigenvalue weighted by molar-refractivity contribution is -0.192. The van der Waals surface area contributed by atoms with Gasteiger partial charge in [0.1, 0.15) is 12.4 Å². The van der Waals surface area contributed by atoms with Crippen molar-refractivity contribution in [3.8, 4) is 0 Å². The van der Waals surface area contributed by atoms with E-state index in [2.05, 4.69) is 19.2 Å². The average Bonchev–Trinajstić information content (AvgIpc) is 2.70. The molecular formula is C20H27F4N3O4. The lowest BCUT2D eigenvalue weighted by Crippen LogP contribution is -2.50. The predicted molar refractivity (Wildman–Crippen MR) is 105 cm³/mol. The third-order valence-electron chi connectivity index (χ3n) is 4.37. The quantitative estimate of drug-likeness (QED) is 0.651. The summed E-state index contributed by atoms with van der Waals surface area (Å²) in [6.07, 6.45) is -4.28. The van der Waals surface area contributed by atoms with Crippen LogP contribution in [-0.2, 0) is 9.59 Å². The van der Waals surface area contributed by atoms with Crippen molar-refractivity contribution < 1.29 is 37.1 Å². The number of carbonyl (C=O) groups is 3. The fourth-order valence-corrected chi connectivity index (χ4v) is 2.65. The van der Waals surface area contributed by atoms with Crippen LogP contribution in [0, 0.1) is 11.7 Å². The first-order chi connectivity index (χ1) is 14.4. The number of aliphatic carboxylic acids is 1. The van der Waals surface area contributed by atoms with Gasteiger partial charge in [0.2, 0.25) is 5.91 Å². The van der Waals surface area contributed by atoms with E-state index in [4.69, 9.17) is 9.90 Å². The summed E-state index contributed by atoms with van der Waals surface area (Å²) in [6, 6.07) is 5.63. The van der Waals surface area contributed by atoms with Crippen molar-refractivity contribution in [3.63, 3.8) is 0 Å². The van der Waals surface area contributed by atoms with E-state index in [1.807, 2.05) is 0 Å². The monoisotopic (exact) mass is 449 g/mol. The molecule has 1 heterocycles. The van der Waals surface area contributed by atoms with Crippen molar-refractivity contribution in [2.24, 2.45) is 5.92 Å². The van der Waals surface area contributed by atoms with Gasteiger partial charge in [0.05, 0.1) is 0 Å². The van der Waals surface area contributed by atoms with E-state index >= 15 is 0 Å². The van der Waals surface area contributed by atoms with Crippen molar-refractivity contribution in [2.45, 2.75) is 26.4 Å². The summed E-state index contributed by atoms with van der Waals surface area (Å²) in [6.45, 7) is 7.54. The number of nitrogens with one attached hydrogen (secondary N) is 1. The lowest BCUT2D eigenvalue weighted by atomic mass is 10.1. The molecule has 31 heavy (non-hydrogen) atoms. The van der Waals surface area contributed by atoms with Gasteiger partial charge in [-0.2, -0.15) is 13.2 Å². The Balaban J connectivity index is 0.000000592. The van der Waals surface area contributed by atoms with Gasteiger partial charge in [-0.25, -0.2) is 9.18 Å². The number of alkyl halides is 3. The Morgan fingerprint density at radius 2 is 1.77 bits per heavy atom. The van der Waals surface area contributed by atoms with Crippen LogP contribution in [0.4, 0.5) is 17.6 Å². The second-order valence-electron chi connectivity index (χ2n) is 7.35. The van der Waals surface area contributed by atoms with E-state index in [1.54, 1.807) is 15.9 Å². The largest absolute Gasteiger partial charge is 0.490 e. The zero-order chi connectivity index (χ0) is 23.6. The van der Waals surface area contributed by atoms with Crippen LogP contribution in [0.2, 0.25) is 0 Å². The molecule has 174 valence electrons. The SMILES string of the molecule is CC(C)CCN(CC(=O)N1CCNCC1)C(=O)c1cccc(F)c1.O=C(O)C(F)(F)F. The molecule has 0 aromatic heterocycles. The van der Waals surface area contributed by atoms with Gasteiger partial charge >= 0.3 is 12.1 Å². The van der Waals surface area contributed by atoms with Crippen LogP contribution < -0.4 is 5.32 Å². The molecular weight excluding hydrogens is 422 g/mol. The number of piperazine rings is 1. The molecule has 2 N–H and O–H groups in total. The maximum Gasteiger partial charge on any atom is 0.490 e. The Bertz CT molecular complexity index is 750. The Morgan fingerprint density at radius 1 is 1.19 bits per heavy atom. The average molecular weight is 449 g/mol. The summed E-state index contributed by atoms with van der Waals surface area (Å²) in [5.74, 6) is -3.13. The molecule has 1 aliphatic heterocycles. The highest BCUT2D eigenvalue weighted by Gasteiger charge is 2.38. The highest BCUT2D eigenvalue weighted by Crippen LogP contribution is 2.13. The molecule has 11 heteroatoms. The maximum absolute atomic E-state index is 13.4. The Hall–Kier alpha value is -2.69. The van der Waals surface area contributed by atoms with Crippen LogP contribution in [0.15, 0.2) is 24.3 Å². The molecule has 1 aromatic carbocycles. The first-order valence-corrected chi connectivity index (χ1v) is 9.75. The van der Waals surface area contributed by atoms with E-state index in [1.165, 1.54) is 18.2 Å². The van der Waals surface area contributed by atoms with Gasteiger partial charge in [-0.1, -0.05) is 19.9 Å². The summed E-state index contributed by atoms with van der Waals surface area (Å²) < 4.78 is 45.1. The van der Waals surface area contributed by atoms with Crippen molar-refractivity contribution in [3.05, 3.63) is 35.6 Å². The first-order valence-electron chi connectivity index (χ1n) is 9.75. The minimum Gasteiger partial charge on any atom is -0.475 e. The standard InChI is InChI=1S/C18H26FN3O2.C2HF3O2/c1-14(2)6-9-22(13-17(23)21-10-7-20-8-11-21)18(24)15-4-3-5-16(19)12-15;3-2(4,5)1(6)7/h3-5,12,14,20H,6-11,13H2,1-2H3;(H,6,7). The fourth-order valence-electron chi connectivity index (χ4n) is 2.65. The topological polar surface area (TPSA) is 90.0 Å². The molecule has 0 aliphatic carbocycles. The molecule has 0 saturated carbocycles. The normalized spacial score (nSPS) is 14.0. The fraction of sp³-hybridized carbons (Fsp3) is 0.550. The second kappa shape index (κ2) is 12.2. The Morgan fingerprint density at radius 3 is 2.26 bits per heavy atom. The number of carboxylic acid groups (broad SMARTS) is 1. The number of amides is 2. The molecule has 7 nitrogen and oxygen atoms in total. The van der Waals surface area contributed by atoms with Gasteiger partial charge in [-0.05, 0) is 30.5 Å².